The monoisotopic (exact) mass is 274 g/mol. The van der Waals surface area contributed by atoms with Gasteiger partial charge in [-0.2, -0.15) is 4.98 Å². The predicted molar refractivity (Wildman–Crippen MR) is 80.5 cm³/mol. The van der Waals surface area contributed by atoms with Crippen LogP contribution in [0.3, 0.4) is 0 Å². The minimum absolute atomic E-state index is 0.0846. The van der Waals surface area contributed by atoms with Gasteiger partial charge < -0.3 is 16.0 Å². The number of H-pyrrole nitrogens is 1. The van der Waals surface area contributed by atoms with Gasteiger partial charge in [-0.05, 0) is 26.7 Å². The Kier molecular flexibility index (Phi) is 4.22. The molecule has 0 radical (unpaired) electrons. The van der Waals surface area contributed by atoms with Crippen molar-refractivity contribution in [1.29, 1.82) is 0 Å². The highest BCUT2D eigenvalue weighted by molar-refractivity contribution is 5.50. The van der Waals surface area contributed by atoms with E-state index < -0.39 is 0 Å². The van der Waals surface area contributed by atoms with Gasteiger partial charge in [0.1, 0.15) is 11.6 Å². The van der Waals surface area contributed by atoms with Gasteiger partial charge in [-0.1, -0.05) is 13.8 Å². The van der Waals surface area contributed by atoms with Crippen molar-refractivity contribution in [3.63, 3.8) is 0 Å². The van der Waals surface area contributed by atoms with Gasteiger partial charge in [0.15, 0.2) is 0 Å². The van der Waals surface area contributed by atoms with Gasteiger partial charge in [0.05, 0.1) is 11.7 Å². The maximum absolute atomic E-state index is 5.78. The average Bonchev–Trinajstić information content (AvgIpc) is 2.85. The van der Waals surface area contributed by atoms with E-state index in [0.717, 1.165) is 41.4 Å². The number of aromatic nitrogens is 4. The highest BCUT2D eigenvalue weighted by Crippen LogP contribution is 2.23. The number of nitrogens with two attached hydrogens (primary N) is 1. The molecule has 0 bridgehead atoms. The standard InChI is InChI=1S/C14H22N6/c1-5-10-9(4)12(20-14(15)19-10)18-11(6-2)13-16-7-8(3)17-13/h7,11H,5-6H2,1-4H3,(H,16,17)(H3,15,18,19,20)/t11-/m1/s1. The molecule has 20 heavy (non-hydrogen) atoms. The van der Waals surface area contributed by atoms with Crippen LogP contribution in [0, 0.1) is 13.8 Å². The molecule has 0 unspecified atom stereocenters. The summed E-state index contributed by atoms with van der Waals surface area (Å²) in [5.74, 6) is 2.01. The molecule has 108 valence electrons. The first-order valence-electron chi connectivity index (χ1n) is 6.96. The van der Waals surface area contributed by atoms with E-state index in [2.05, 4.69) is 39.1 Å². The molecule has 2 aromatic heterocycles. The van der Waals surface area contributed by atoms with Gasteiger partial charge >= 0.3 is 0 Å². The number of anilines is 2. The molecule has 0 amide bonds. The van der Waals surface area contributed by atoms with Gasteiger partial charge in [0, 0.05) is 17.5 Å². The summed E-state index contributed by atoms with van der Waals surface area (Å²) >= 11 is 0. The first kappa shape index (κ1) is 14.3. The normalized spacial score (nSPS) is 12.4. The molecule has 2 aromatic rings. The minimum Gasteiger partial charge on any atom is -0.368 e. The van der Waals surface area contributed by atoms with E-state index in [-0.39, 0.29) is 6.04 Å². The molecule has 2 heterocycles. The Hall–Kier alpha value is -2.11. The van der Waals surface area contributed by atoms with Gasteiger partial charge in [-0.15, -0.1) is 0 Å². The molecule has 0 aliphatic heterocycles. The third kappa shape index (κ3) is 2.89. The van der Waals surface area contributed by atoms with Crippen LogP contribution in [0.1, 0.15) is 49.1 Å². The average molecular weight is 274 g/mol. The van der Waals surface area contributed by atoms with Crippen molar-refractivity contribution in [2.24, 2.45) is 0 Å². The van der Waals surface area contributed by atoms with E-state index in [4.69, 9.17) is 5.73 Å². The summed E-state index contributed by atoms with van der Waals surface area (Å²) in [6.07, 6.45) is 3.57. The maximum Gasteiger partial charge on any atom is 0.222 e. The van der Waals surface area contributed by atoms with Crippen LogP contribution in [0.2, 0.25) is 0 Å². The number of rotatable bonds is 5. The zero-order valence-electron chi connectivity index (χ0n) is 12.5. The molecule has 0 aromatic carbocycles. The van der Waals surface area contributed by atoms with Crippen LogP contribution in [0.4, 0.5) is 11.8 Å². The molecule has 6 heteroatoms. The summed E-state index contributed by atoms with van der Waals surface area (Å²) < 4.78 is 0. The van der Waals surface area contributed by atoms with Crippen LogP contribution in [0.5, 0.6) is 0 Å². The second-order valence-corrected chi connectivity index (χ2v) is 4.91. The summed E-state index contributed by atoms with van der Waals surface area (Å²) in [6, 6.07) is 0.0846. The van der Waals surface area contributed by atoms with E-state index >= 15 is 0 Å². The molecule has 0 fully saturated rings. The van der Waals surface area contributed by atoms with E-state index in [0.29, 0.717) is 5.95 Å². The summed E-state index contributed by atoms with van der Waals surface area (Å²) in [5.41, 5.74) is 8.85. The van der Waals surface area contributed by atoms with Crippen molar-refractivity contribution in [2.45, 2.75) is 46.6 Å². The van der Waals surface area contributed by atoms with E-state index in [9.17, 15) is 0 Å². The number of nitrogens with zero attached hydrogens (tertiary/aromatic N) is 3. The van der Waals surface area contributed by atoms with Crippen molar-refractivity contribution >= 4 is 11.8 Å². The zero-order chi connectivity index (χ0) is 14.7. The fraction of sp³-hybridized carbons (Fsp3) is 0.500. The molecule has 4 N–H and O–H groups in total. The lowest BCUT2D eigenvalue weighted by Gasteiger charge is -2.18. The van der Waals surface area contributed by atoms with Crippen molar-refractivity contribution in [3.05, 3.63) is 29.0 Å². The summed E-state index contributed by atoms with van der Waals surface area (Å²) in [4.78, 5) is 16.2. The van der Waals surface area contributed by atoms with E-state index in [1.807, 2.05) is 20.0 Å². The topological polar surface area (TPSA) is 92.5 Å². The number of aromatic amines is 1. The Bertz CT molecular complexity index is 589. The van der Waals surface area contributed by atoms with Gasteiger partial charge in [-0.25, -0.2) is 9.97 Å². The number of nitrogens with one attached hydrogen (secondary N) is 2. The third-order valence-corrected chi connectivity index (χ3v) is 3.37. The van der Waals surface area contributed by atoms with Gasteiger partial charge in [0.25, 0.3) is 0 Å². The Morgan fingerprint density at radius 3 is 2.60 bits per heavy atom. The molecule has 6 nitrogen and oxygen atoms in total. The highest BCUT2D eigenvalue weighted by atomic mass is 15.1. The number of imidazole rings is 1. The number of hydrogen-bond donors (Lipinski definition) is 3. The highest BCUT2D eigenvalue weighted by Gasteiger charge is 2.16. The second kappa shape index (κ2) is 5.90. The first-order valence-corrected chi connectivity index (χ1v) is 6.96. The summed E-state index contributed by atoms with van der Waals surface area (Å²) in [6.45, 7) is 8.18. The van der Waals surface area contributed by atoms with Crippen molar-refractivity contribution in [1.82, 2.24) is 19.9 Å². The lowest BCUT2D eigenvalue weighted by Crippen LogP contribution is -2.15. The van der Waals surface area contributed by atoms with E-state index in [1.165, 1.54) is 0 Å². The second-order valence-electron chi connectivity index (χ2n) is 4.91. The first-order chi connectivity index (χ1) is 9.55. The number of nitrogen functional groups attached to an aromatic ring is 1. The zero-order valence-corrected chi connectivity index (χ0v) is 12.5. The molecular weight excluding hydrogens is 252 g/mol. The third-order valence-electron chi connectivity index (χ3n) is 3.37. The number of hydrogen-bond acceptors (Lipinski definition) is 5. The van der Waals surface area contributed by atoms with Crippen molar-refractivity contribution in [2.75, 3.05) is 11.1 Å². The quantitative estimate of drug-likeness (QED) is 0.779. The molecule has 1 atom stereocenters. The molecule has 2 rings (SSSR count). The lowest BCUT2D eigenvalue weighted by atomic mass is 10.1. The Morgan fingerprint density at radius 1 is 1.30 bits per heavy atom. The molecule has 0 aliphatic rings. The summed E-state index contributed by atoms with van der Waals surface area (Å²) in [7, 11) is 0. The molecule has 0 saturated carbocycles. The van der Waals surface area contributed by atoms with Crippen LogP contribution in [0.15, 0.2) is 6.20 Å². The van der Waals surface area contributed by atoms with Crippen LogP contribution >= 0.6 is 0 Å². The van der Waals surface area contributed by atoms with Crippen LogP contribution in [-0.4, -0.2) is 19.9 Å². The number of aryl methyl sites for hydroxylation is 2. The molecule has 0 aliphatic carbocycles. The molecule has 0 spiro atoms. The Balaban J connectivity index is 2.30. The maximum atomic E-state index is 5.78. The van der Waals surface area contributed by atoms with Gasteiger partial charge in [-0.3, -0.25) is 0 Å². The van der Waals surface area contributed by atoms with Crippen LogP contribution < -0.4 is 11.1 Å². The fourth-order valence-electron chi connectivity index (χ4n) is 2.21. The Morgan fingerprint density at radius 2 is 2.05 bits per heavy atom. The SMILES string of the molecule is CCc1nc(N)nc(N[C@H](CC)c2ncc(C)[nH]2)c1C. The molecule has 0 saturated heterocycles. The minimum atomic E-state index is 0.0846. The largest absolute Gasteiger partial charge is 0.368 e. The molecular formula is C14H22N6. The lowest BCUT2D eigenvalue weighted by molar-refractivity contribution is 0.697. The predicted octanol–water partition coefficient (Wildman–Crippen LogP) is 2.52. The van der Waals surface area contributed by atoms with Crippen LogP contribution in [0.25, 0.3) is 0 Å². The summed E-state index contributed by atoms with van der Waals surface area (Å²) in [5, 5.41) is 3.42. The van der Waals surface area contributed by atoms with Crippen LogP contribution in [-0.2, 0) is 6.42 Å². The van der Waals surface area contributed by atoms with E-state index in [1.54, 1.807) is 0 Å². The van der Waals surface area contributed by atoms with Crippen molar-refractivity contribution in [3.8, 4) is 0 Å². The van der Waals surface area contributed by atoms with Crippen molar-refractivity contribution < 1.29 is 0 Å². The smallest absolute Gasteiger partial charge is 0.222 e. The fourth-order valence-corrected chi connectivity index (χ4v) is 2.21. The van der Waals surface area contributed by atoms with Gasteiger partial charge in [0.2, 0.25) is 5.95 Å². The Labute approximate surface area is 119 Å².